The Morgan fingerprint density at radius 1 is 0.875 bits per heavy atom. The van der Waals surface area contributed by atoms with Crippen LogP contribution in [0.2, 0.25) is 0 Å². The number of rotatable bonds is 6. The Morgan fingerprint density at radius 2 is 1.53 bits per heavy atom. The van der Waals surface area contributed by atoms with Gasteiger partial charge in [-0.1, -0.05) is 42.5 Å². The molecule has 5 nitrogen and oxygen atoms in total. The van der Waals surface area contributed by atoms with Crippen LogP contribution in [0.15, 0.2) is 82.5 Å². The molecule has 0 saturated carbocycles. The molecule has 0 atom stereocenters. The number of fused-ring (bicyclic) bond motifs is 1. The Bertz CT molecular complexity index is 1430. The van der Waals surface area contributed by atoms with E-state index in [1.807, 2.05) is 26.0 Å². The van der Waals surface area contributed by atoms with Crippen LogP contribution >= 0.6 is 0 Å². The van der Waals surface area contributed by atoms with E-state index in [4.69, 9.17) is 0 Å². The lowest BCUT2D eigenvalue weighted by molar-refractivity contribution is 0.399. The van der Waals surface area contributed by atoms with E-state index in [1.54, 1.807) is 36.4 Å². The van der Waals surface area contributed by atoms with Crippen LogP contribution in [0.4, 0.5) is 4.39 Å². The maximum Gasteiger partial charge on any atom is 0.252 e. The van der Waals surface area contributed by atoms with Gasteiger partial charge in [-0.05, 0) is 60.9 Å². The molecular weight excluding hydrogens is 427 g/mol. The lowest BCUT2D eigenvalue weighted by atomic mass is 10.0. The zero-order valence-corrected chi connectivity index (χ0v) is 18.6. The minimum absolute atomic E-state index is 0.00177. The predicted molar refractivity (Wildman–Crippen MR) is 123 cm³/mol. The maximum atomic E-state index is 13.4. The summed E-state index contributed by atoms with van der Waals surface area (Å²) in [7, 11) is -3.91. The summed E-state index contributed by atoms with van der Waals surface area (Å²) in [5.74, 6) is -0.400. The molecule has 0 radical (unpaired) electrons. The fourth-order valence-electron chi connectivity index (χ4n) is 3.69. The topological polar surface area (TPSA) is 70.2 Å². The number of sulfonamides is 1. The summed E-state index contributed by atoms with van der Waals surface area (Å²) < 4.78 is 41.5. The van der Waals surface area contributed by atoms with Gasteiger partial charge in [-0.3, -0.25) is 4.79 Å². The van der Waals surface area contributed by atoms with E-state index < -0.39 is 15.8 Å². The Morgan fingerprint density at radius 3 is 2.22 bits per heavy atom. The van der Waals surface area contributed by atoms with Crippen LogP contribution in [-0.4, -0.2) is 17.7 Å². The molecule has 0 unspecified atom stereocenters. The second-order valence-corrected chi connectivity index (χ2v) is 9.76. The van der Waals surface area contributed by atoms with Gasteiger partial charge in [0.15, 0.2) is 0 Å². The molecule has 164 valence electrons. The lowest BCUT2D eigenvalue weighted by Gasteiger charge is -2.22. The highest BCUT2D eigenvalue weighted by Crippen LogP contribution is 2.23. The third-order valence-corrected chi connectivity index (χ3v) is 7.33. The Labute approximate surface area is 186 Å². The highest BCUT2D eigenvalue weighted by molar-refractivity contribution is 7.89. The molecule has 0 saturated heterocycles. The normalized spacial score (nSPS) is 11.9. The zero-order valence-electron chi connectivity index (χ0n) is 17.8. The van der Waals surface area contributed by atoms with E-state index in [1.165, 1.54) is 28.6 Å². The van der Waals surface area contributed by atoms with Gasteiger partial charge in [0.05, 0.1) is 10.4 Å². The van der Waals surface area contributed by atoms with Crippen molar-refractivity contribution in [3.63, 3.8) is 0 Å². The van der Waals surface area contributed by atoms with Crippen LogP contribution in [0.3, 0.4) is 0 Å². The molecule has 4 aromatic rings. The molecule has 4 rings (SSSR count). The Balaban J connectivity index is 1.80. The van der Waals surface area contributed by atoms with E-state index in [9.17, 15) is 17.6 Å². The molecule has 1 aromatic heterocycles. The number of hydrogen-bond donors (Lipinski definition) is 1. The minimum Gasteiger partial charge on any atom is -0.321 e. The second kappa shape index (κ2) is 8.68. The maximum absolute atomic E-state index is 13.4. The molecule has 1 heterocycles. The molecule has 0 fully saturated rings. The highest BCUT2D eigenvalue weighted by Gasteiger charge is 2.26. The van der Waals surface area contributed by atoms with Crippen LogP contribution in [0.5, 0.6) is 0 Å². The average Bonchev–Trinajstić information content (AvgIpc) is 2.78. The summed E-state index contributed by atoms with van der Waals surface area (Å²) in [6.07, 6.45) is 0. The van der Waals surface area contributed by atoms with Crippen molar-refractivity contribution in [2.75, 3.05) is 0 Å². The van der Waals surface area contributed by atoms with Crippen molar-refractivity contribution in [3.05, 3.63) is 111 Å². The molecular formula is C25H23FN2O3S. The van der Waals surface area contributed by atoms with Gasteiger partial charge in [0, 0.05) is 24.0 Å². The van der Waals surface area contributed by atoms with E-state index in [0.29, 0.717) is 11.1 Å². The number of pyridine rings is 1. The van der Waals surface area contributed by atoms with Crippen molar-refractivity contribution < 1.29 is 12.8 Å². The van der Waals surface area contributed by atoms with Crippen molar-refractivity contribution >= 4 is 20.9 Å². The molecule has 0 amide bonds. The van der Waals surface area contributed by atoms with Gasteiger partial charge in [-0.2, -0.15) is 4.31 Å². The first-order chi connectivity index (χ1) is 15.3. The second-order valence-electron chi connectivity index (χ2n) is 7.82. The minimum atomic E-state index is -3.91. The average molecular weight is 451 g/mol. The number of nitrogens with one attached hydrogen (secondary N) is 1. The first-order valence-corrected chi connectivity index (χ1v) is 11.6. The number of aromatic nitrogens is 1. The van der Waals surface area contributed by atoms with Crippen molar-refractivity contribution in [2.24, 2.45) is 0 Å². The van der Waals surface area contributed by atoms with Crippen LogP contribution in [-0.2, 0) is 23.1 Å². The van der Waals surface area contributed by atoms with E-state index >= 15 is 0 Å². The number of benzene rings is 3. The third kappa shape index (κ3) is 4.35. The predicted octanol–water partition coefficient (Wildman–Crippen LogP) is 4.68. The lowest BCUT2D eigenvalue weighted by Crippen LogP contribution is -2.32. The fraction of sp³-hybridized carbons (Fsp3) is 0.160. The van der Waals surface area contributed by atoms with Crippen molar-refractivity contribution in [3.8, 4) is 0 Å². The quantitative estimate of drug-likeness (QED) is 0.464. The first-order valence-electron chi connectivity index (χ1n) is 10.2. The summed E-state index contributed by atoms with van der Waals surface area (Å²) in [6.45, 7) is 3.74. The molecule has 0 aliphatic carbocycles. The zero-order chi connectivity index (χ0) is 22.9. The van der Waals surface area contributed by atoms with Gasteiger partial charge in [0.1, 0.15) is 5.82 Å². The Hall–Kier alpha value is -3.29. The molecule has 7 heteroatoms. The van der Waals surface area contributed by atoms with E-state index in [-0.39, 0.29) is 23.5 Å². The van der Waals surface area contributed by atoms with Gasteiger partial charge >= 0.3 is 0 Å². The smallest absolute Gasteiger partial charge is 0.252 e. The van der Waals surface area contributed by atoms with Gasteiger partial charge in [0.2, 0.25) is 10.0 Å². The van der Waals surface area contributed by atoms with Crippen molar-refractivity contribution in [2.45, 2.75) is 31.8 Å². The van der Waals surface area contributed by atoms with E-state index in [2.05, 4.69) is 4.98 Å². The summed E-state index contributed by atoms with van der Waals surface area (Å²) >= 11 is 0. The SMILES string of the molecule is Cc1ccc(C)c2[nH]c(=O)c(CN(Cc3ccc(F)cc3)S(=O)(=O)c3ccccc3)cc12. The van der Waals surface area contributed by atoms with Gasteiger partial charge in [-0.25, -0.2) is 12.8 Å². The summed E-state index contributed by atoms with van der Waals surface area (Å²) in [5.41, 5.74) is 3.30. The largest absolute Gasteiger partial charge is 0.321 e. The Kier molecular flexibility index (Phi) is 5.95. The van der Waals surface area contributed by atoms with Gasteiger partial charge < -0.3 is 4.98 Å². The summed E-state index contributed by atoms with van der Waals surface area (Å²) in [4.78, 5) is 15.9. The number of aryl methyl sites for hydroxylation is 2. The fourth-order valence-corrected chi connectivity index (χ4v) is 5.11. The number of H-pyrrole nitrogens is 1. The highest BCUT2D eigenvalue weighted by atomic mass is 32.2. The molecule has 0 aliphatic heterocycles. The van der Waals surface area contributed by atoms with Crippen LogP contribution in [0.25, 0.3) is 10.9 Å². The molecule has 3 aromatic carbocycles. The van der Waals surface area contributed by atoms with E-state index in [0.717, 1.165) is 22.0 Å². The summed E-state index contributed by atoms with van der Waals surface area (Å²) in [6, 6.07) is 19.4. The van der Waals surface area contributed by atoms with Crippen molar-refractivity contribution in [1.29, 1.82) is 0 Å². The van der Waals surface area contributed by atoms with Crippen LogP contribution in [0.1, 0.15) is 22.3 Å². The number of hydrogen-bond acceptors (Lipinski definition) is 3. The van der Waals surface area contributed by atoms with Gasteiger partial charge in [0.25, 0.3) is 5.56 Å². The van der Waals surface area contributed by atoms with Crippen LogP contribution < -0.4 is 5.56 Å². The third-order valence-electron chi connectivity index (χ3n) is 5.52. The standard InChI is InChI=1S/C25H23FN2O3S/c1-17-8-9-18(2)24-23(17)14-20(25(29)27-24)16-28(15-19-10-12-21(26)13-11-19)32(30,31)22-6-4-3-5-7-22/h3-14H,15-16H2,1-2H3,(H,27,29). The number of halogens is 1. The van der Waals surface area contributed by atoms with Crippen molar-refractivity contribution in [1.82, 2.24) is 9.29 Å². The number of nitrogens with zero attached hydrogens (tertiary/aromatic N) is 1. The summed E-state index contributed by atoms with van der Waals surface area (Å²) in [5, 5.41) is 0.874. The molecule has 0 bridgehead atoms. The first kappa shape index (κ1) is 21.9. The number of aromatic amines is 1. The molecule has 1 N–H and O–H groups in total. The van der Waals surface area contributed by atoms with Gasteiger partial charge in [-0.15, -0.1) is 0 Å². The molecule has 0 spiro atoms. The van der Waals surface area contributed by atoms with Crippen LogP contribution in [0, 0.1) is 19.7 Å². The molecule has 32 heavy (non-hydrogen) atoms. The monoisotopic (exact) mass is 450 g/mol. The molecule has 0 aliphatic rings.